The number of Topliss-reactive ketones (excluding diaryl/α,β-unsaturated/α-hetero) is 1. The van der Waals surface area contributed by atoms with E-state index >= 15 is 0 Å². The Labute approximate surface area is 92.3 Å². The van der Waals surface area contributed by atoms with Gasteiger partial charge >= 0.3 is 5.63 Å². The molecule has 2 rings (SSSR count). The van der Waals surface area contributed by atoms with Crippen LogP contribution in [0.4, 0.5) is 0 Å². The van der Waals surface area contributed by atoms with E-state index in [2.05, 4.69) is 0 Å². The highest BCUT2D eigenvalue weighted by atomic mass is 16.4. The van der Waals surface area contributed by atoms with Crippen LogP contribution >= 0.6 is 0 Å². The predicted octanol–water partition coefficient (Wildman–Crippen LogP) is 2.51. The van der Waals surface area contributed by atoms with E-state index < -0.39 is 5.63 Å². The van der Waals surface area contributed by atoms with E-state index in [0.29, 0.717) is 5.56 Å². The minimum atomic E-state index is -0.589. The van der Waals surface area contributed by atoms with Crippen molar-refractivity contribution in [1.29, 1.82) is 0 Å². The summed E-state index contributed by atoms with van der Waals surface area (Å²) in [5.74, 6) is -0.284. The molecule has 16 heavy (non-hydrogen) atoms. The summed E-state index contributed by atoms with van der Waals surface area (Å²) >= 11 is 0. The minimum absolute atomic E-state index is 0.105. The van der Waals surface area contributed by atoms with Gasteiger partial charge in [-0.15, -0.1) is 0 Å². The van der Waals surface area contributed by atoms with Gasteiger partial charge in [-0.3, -0.25) is 4.79 Å². The molecule has 1 aromatic carbocycles. The molecule has 0 aliphatic rings. The molecule has 3 nitrogen and oxygen atoms in total. The maximum absolute atomic E-state index is 11.5. The molecular weight excluding hydrogens is 204 g/mol. The average Bonchev–Trinajstić information content (AvgIpc) is 2.29. The van der Waals surface area contributed by atoms with Gasteiger partial charge in [-0.2, -0.15) is 0 Å². The Kier molecular flexibility index (Phi) is 2.68. The fraction of sp³-hybridized carbons (Fsp3) is 0.0769. The number of rotatable bonds is 2. The van der Waals surface area contributed by atoms with Crippen LogP contribution in [0.2, 0.25) is 0 Å². The maximum Gasteiger partial charge on any atom is 0.347 e. The molecule has 0 bridgehead atoms. The largest absolute Gasteiger partial charge is 0.431 e. The third kappa shape index (κ3) is 1.80. The summed E-state index contributed by atoms with van der Waals surface area (Å²) in [6.07, 6.45) is 1.30. The van der Waals surface area contributed by atoms with Crippen molar-refractivity contribution >= 4 is 5.78 Å². The molecule has 0 amide bonds. The molecule has 80 valence electrons. The van der Waals surface area contributed by atoms with Gasteiger partial charge in [0.25, 0.3) is 0 Å². The zero-order valence-corrected chi connectivity index (χ0v) is 8.77. The molecular formula is C13H10O3. The number of benzene rings is 1. The molecule has 0 radical (unpaired) electrons. The normalized spacial score (nSPS) is 10.1. The fourth-order valence-electron chi connectivity index (χ4n) is 1.61. The molecule has 0 aliphatic carbocycles. The summed E-state index contributed by atoms with van der Waals surface area (Å²) in [6, 6.07) is 10.9. The van der Waals surface area contributed by atoms with Crippen LogP contribution in [0.5, 0.6) is 0 Å². The standard InChI is InChI=1S/C13H10O3/c1-9(14)12-11(7-8-16-13(12)15)10-5-3-2-4-6-10/h2-8H,1H3. The van der Waals surface area contributed by atoms with Crippen LogP contribution in [0, 0.1) is 0 Å². The molecule has 2 aromatic rings. The summed E-state index contributed by atoms with van der Waals surface area (Å²) in [7, 11) is 0. The van der Waals surface area contributed by atoms with Crippen LogP contribution in [-0.4, -0.2) is 5.78 Å². The van der Waals surface area contributed by atoms with Gasteiger partial charge < -0.3 is 4.42 Å². The highest BCUT2D eigenvalue weighted by Crippen LogP contribution is 2.21. The molecule has 0 unspecified atom stereocenters. The first-order chi connectivity index (χ1) is 7.70. The smallest absolute Gasteiger partial charge is 0.347 e. The summed E-state index contributed by atoms with van der Waals surface area (Å²) in [6.45, 7) is 1.36. The van der Waals surface area contributed by atoms with Crippen molar-refractivity contribution in [2.24, 2.45) is 0 Å². The molecule has 0 aliphatic heterocycles. The molecule has 0 fully saturated rings. The van der Waals surface area contributed by atoms with Crippen molar-refractivity contribution in [3.8, 4) is 11.1 Å². The summed E-state index contributed by atoms with van der Waals surface area (Å²) in [4.78, 5) is 22.9. The third-order valence-corrected chi connectivity index (χ3v) is 2.32. The van der Waals surface area contributed by atoms with Gasteiger partial charge in [-0.05, 0) is 18.6 Å². The fourth-order valence-corrected chi connectivity index (χ4v) is 1.61. The van der Waals surface area contributed by atoms with Crippen LogP contribution in [0.1, 0.15) is 17.3 Å². The summed E-state index contributed by atoms with van der Waals surface area (Å²) in [5, 5.41) is 0. The summed E-state index contributed by atoms with van der Waals surface area (Å²) < 4.78 is 4.71. The molecule has 0 saturated heterocycles. The number of hydrogen-bond acceptors (Lipinski definition) is 3. The SMILES string of the molecule is CC(=O)c1c(-c2ccccc2)ccoc1=O. The van der Waals surface area contributed by atoms with Crippen LogP contribution in [0.3, 0.4) is 0 Å². The second kappa shape index (κ2) is 4.14. The van der Waals surface area contributed by atoms with E-state index in [1.807, 2.05) is 30.3 Å². The molecule has 0 spiro atoms. The third-order valence-electron chi connectivity index (χ3n) is 2.32. The quantitative estimate of drug-likeness (QED) is 0.721. The van der Waals surface area contributed by atoms with Crippen molar-refractivity contribution < 1.29 is 9.21 Å². The zero-order chi connectivity index (χ0) is 11.5. The lowest BCUT2D eigenvalue weighted by Gasteiger charge is -2.04. The summed E-state index contributed by atoms with van der Waals surface area (Å²) in [5.41, 5.74) is 0.965. The highest BCUT2D eigenvalue weighted by molar-refractivity contribution is 6.00. The Balaban J connectivity index is 2.71. The van der Waals surface area contributed by atoms with Crippen LogP contribution < -0.4 is 5.63 Å². The first kappa shape index (κ1) is 10.4. The van der Waals surface area contributed by atoms with Crippen LogP contribution in [-0.2, 0) is 0 Å². The average molecular weight is 214 g/mol. The van der Waals surface area contributed by atoms with Gasteiger partial charge in [0.15, 0.2) is 5.78 Å². The number of ketones is 1. The second-order valence-electron chi connectivity index (χ2n) is 3.42. The van der Waals surface area contributed by atoms with Gasteiger partial charge in [0.2, 0.25) is 0 Å². The van der Waals surface area contributed by atoms with Crippen LogP contribution in [0.15, 0.2) is 51.9 Å². The number of carbonyl (C=O) groups is 1. The lowest BCUT2D eigenvalue weighted by atomic mass is 10.0. The van der Waals surface area contributed by atoms with Crippen molar-refractivity contribution in [3.63, 3.8) is 0 Å². The Morgan fingerprint density at radius 1 is 1.12 bits per heavy atom. The molecule has 1 aromatic heterocycles. The van der Waals surface area contributed by atoms with Crippen molar-refractivity contribution in [2.45, 2.75) is 6.92 Å². The topological polar surface area (TPSA) is 47.3 Å². The van der Waals surface area contributed by atoms with E-state index in [1.54, 1.807) is 6.07 Å². The Morgan fingerprint density at radius 3 is 2.44 bits per heavy atom. The van der Waals surface area contributed by atoms with E-state index in [1.165, 1.54) is 13.2 Å². The van der Waals surface area contributed by atoms with Crippen molar-refractivity contribution in [1.82, 2.24) is 0 Å². The molecule has 0 N–H and O–H groups in total. The van der Waals surface area contributed by atoms with Gasteiger partial charge in [0.1, 0.15) is 5.56 Å². The van der Waals surface area contributed by atoms with Gasteiger partial charge in [0.05, 0.1) is 6.26 Å². The van der Waals surface area contributed by atoms with Gasteiger partial charge in [0, 0.05) is 5.56 Å². The van der Waals surface area contributed by atoms with E-state index in [-0.39, 0.29) is 11.3 Å². The number of carbonyl (C=O) groups excluding carboxylic acids is 1. The Hall–Kier alpha value is -2.16. The maximum atomic E-state index is 11.5. The highest BCUT2D eigenvalue weighted by Gasteiger charge is 2.14. The van der Waals surface area contributed by atoms with E-state index in [9.17, 15) is 9.59 Å². The first-order valence-electron chi connectivity index (χ1n) is 4.88. The lowest BCUT2D eigenvalue weighted by Crippen LogP contribution is -2.12. The Morgan fingerprint density at radius 2 is 1.81 bits per heavy atom. The molecule has 3 heteroatoms. The lowest BCUT2D eigenvalue weighted by molar-refractivity contribution is 0.101. The monoisotopic (exact) mass is 214 g/mol. The molecule has 0 atom stereocenters. The predicted molar refractivity (Wildman–Crippen MR) is 60.4 cm³/mol. The van der Waals surface area contributed by atoms with E-state index in [0.717, 1.165) is 5.56 Å². The van der Waals surface area contributed by atoms with Crippen molar-refractivity contribution in [3.05, 3.63) is 58.6 Å². The minimum Gasteiger partial charge on any atom is -0.431 e. The Bertz CT molecular complexity index is 567. The second-order valence-corrected chi connectivity index (χ2v) is 3.42. The van der Waals surface area contributed by atoms with Crippen molar-refractivity contribution in [2.75, 3.05) is 0 Å². The van der Waals surface area contributed by atoms with Gasteiger partial charge in [-0.1, -0.05) is 30.3 Å². The van der Waals surface area contributed by atoms with Gasteiger partial charge in [-0.25, -0.2) is 4.79 Å². The van der Waals surface area contributed by atoms with E-state index in [4.69, 9.17) is 4.42 Å². The number of hydrogen-bond donors (Lipinski definition) is 0. The van der Waals surface area contributed by atoms with Crippen LogP contribution in [0.25, 0.3) is 11.1 Å². The zero-order valence-electron chi connectivity index (χ0n) is 8.77. The molecule has 1 heterocycles. The molecule has 0 saturated carbocycles. The first-order valence-corrected chi connectivity index (χ1v) is 4.88.